The third-order valence-corrected chi connectivity index (χ3v) is 3.23. The van der Waals surface area contributed by atoms with Gasteiger partial charge in [-0.2, -0.15) is 0 Å². The Morgan fingerprint density at radius 1 is 1.05 bits per heavy atom. The van der Waals surface area contributed by atoms with Gasteiger partial charge in [-0.15, -0.1) is 0 Å². The van der Waals surface area contributed by atoms with Crippen molar-refractivity contribution in [3.8, 4) is 11.5 Å². The van der Waals surface area contributed by atoms with Gasteiger partial charge >= 0.3 is 0 Å². The lowest BCUT2D eigenvalue weighted by Crippen LogP contribution is -2.05. The molecule has 0 aromatic heterocycles. The summed E-state index contributed by atoms with van der Waals surface area (Å²) in [5.41, 5.74) is 9.28. The summed E-state index contributed by atoms with van der Waals surface area (Å²) < 4.78 is 11.2. The molecule has 0 amide bonds. The molecule has 0 unspecified atom stereocenters. The Morgan fingerprint density at radius 3 is 2.35 bits per heavy atom. The summed E-state index contributed by atoms with van der Waals surface area (Å²) in [5.74, 6) is 1.45. The second-order valence-electron chi connectivity index (χ2n) is 4.97. The first-order chi connectivity index (χ1) is 9.60. The highest BCUT2D eigenvalue weighted by Crippen LogP contribution is 2.30. The van der Waals surface area contributed by atoms with Crippen molar-refractivity contribution in [2.24, 2.45) is 5.73 Å². The summed E-state index contributed by atoms with van der Waals surface area (Å²) in [4.78, 5) is 0. The summed E-state index contributed by atoms with van der Waals surface area (Å²) in [6, 6.07) is 14.1. The fraction of sp³-hybridized carbons (Fsp3) is 0.294. The molecular formula is C17H21NO2. The number of aryl methyl sites for hydroxylation is 1. The molecule has 2 aromatic rings. The summed E-state index contributed by atoms with van der Waals surface area (Å²) in [5, 5.41) is 0. The van der Waals surface area contributed by atoms with Crippen LogP contribution >= 0.6 is 0 Å². The molecule has 0 saturated heterocycles. The lowest BCUT2D eigenvalue weighted by atomic mass is 10.1. The predicted octanol–water partition coefficient (Wildman–Crippen LogP) is 3.60. The van der Waals surface area contributed by atoms with E-state index in [1.165, 1.54) is 5.56 Å². The van der Waals surface area contributed by atoms with Crippen molar-refractivity contribution < 1.29 is 9.47 Å². The van der Waals surface area contributed by atoms with Gasteiger partial charge in [0.05, 0.1) is 7.11 Å². The van der Waals surface area contributed by atoms with Crippen molar-refractivity contribution in [1.29, 1.82) is 0 Å². The molecule has 0 heterocycles. The Labute approximate surface area is 120 Å². The van der Waals surface area contributed by atoms with Gasteiger partial charge < -0.3 is 15.2 Å². The SMILES string of the molecule is COc1cc([C@H](C)N)ccc1OCc1ccc(C)cc1. The molecule has 0 fully saturated rings. The molecule has 0 aliphatic rings. The average Bonchev–Trinajstić information content (AvgIpc) is 2.46. The van der Waals surface area contributed by atoms with Gasteiger partial charge in [-0.3, -0.25) is 0 Å². The number of ether oxygens (including phenoxy) is 2. The number of rotatable bonds is 5. The second-order valence-corrected chi connectivity index (χ2v) is 4.97. The van der Waals surface area contributed by atoms with Crippen LogP contribution in [0, 0.1) is 6.92 Å². The van der Waals surface area contributed by atoms with E-state index in [0.29, 0.717) is 12.4 Å². The van der Waals surface area contributed by atoms with Gasteiger partial charge in [-0.25, -0.2) is 0 Å². The highest BCUT2D eigenvalue weighted by Gasteiger charge is 2.08. The van der Waals surface area contributed by atoms with Crippen LogP contribution in [0.1, 0.15) is 29.7 Å². The molecule has 0 bridgehead atoms. The molecule has 106 valence electrons. The van der Waals surface area contributed by atoms with Crippen LogP contribution in [0.15, 0.2) is 42.5 Å². The summed E-state index contributed by atoms with van der Waals surface area (Å²) in [7, 11) is 1.64. The molecule has 20 heavy (non-hydrogen) atoms. The van der Waals surface area contributed by atoms with Gasteiger partial charge in [0.2, 0.25) is 0 Å². The van der Waals surface area contributed by atoms with E-state index in [-0.39, 0.29) is 6.04 Å². The first-order valence-electron chi connectivity index (χ1n) is 6.72. The first kappa shape index (κ1) is 14.4. The van der Waals surface area contributed by atoms with Crippen molar-refractivity contribution in [2.45, 2.75) is 26.5 Å². The first-order valence-corrected chi connectivity index (χ1v) is 6.72. The summed E-state index contributed by atoms with van der Waals surface area (Å²) >= 11 is 0. The molecule has 2 aromatic carbocycles. The predicted molar refractivity (Wildman–Crippen MR) is 81.1 cm³/mol. The summed E-state index contributed by atoms with van der Waals surface area (Å²) in [6.07, 6.45) is 0. The third kappa shape index (κ3) is 3.52. The van der Waals surface area contributed by atoms with E-state index in [1.807, 2.05) is 25.1 Å². The minimum Gasteiger partial charge on any atom is -0.493 e. The molecule has 3 nitrogen and oxygen atoms in total. The molecule has 3 heteroatoms. The monoisotopic (exact) mass is 271 g/mol. The van der Waals surface area contributed by atoms with Crippen molar-refractivity contribution in [2.75, 3.05) is 7.11 Å². The molecule has 0 radical (unpaired) electrons. The Hall–Kier alpha value is -2.00. The highest BCUT2D eigenvalue weighted by atomic mass is 16.5. The van der Waals surface area contributed by atoms with Gasteiger partial charge in [-0.1, -0.05) is 35.9 Å². The van der Waals surface area contributed by atoms with Gasteiger partial charge in [0.25, 0.3) is 0 Å². The maximum atomic E-state index is 5.87. The summed E-state index contributed by atoms with van der Waals surface area (Å²) in [6.45, 7) is 4.54. The fourth-order valence-corrected chi connectivity index (χ4v) is 1.93. The van der Waals surface area contributed by atoms with Crippen LogP contribution in [0.5, 0.6) is 11.5 Å². The number of hydrogen-bond donors (Lipinski definition) is 1. The molecule has 2 N–H and O–H groups in total. The van der Waals surface area contributed by atoms with Gasteiger partial charge in [0, 0.05) is 6.04 Å². The molecule has 0 saturated carbocycles. The average molecular weight is 271 g/mol. The van der Waals surface area contributed by atoms with Crippen molar-refractivity contribution in [3.63, 3.8) is 0 Å². The fourth-order valence-electron chi connectivity index (χ4n) is 1.93. The van der Waals surface area contributed by atoms with E-state index in [1.54, 1.807) is 7.11 Å². The molecular weight excluding hydrogens is 250 g/mol. The topological polar surface area (TPSA) is 44.5 Å². The van der Waals surface area contributed by atoms with Gasteiger partial charge in [-0.05, 0) is 37.1 Å². The van der Waals surface area contributed by atoms with Crippen LogP contribution in [0.4, 0.5) is 0 Å². The molecule has 0 aliphatic carbocycles. The zero-order valence-electron chi connectivity index (χ0n) is 12.2. The zero-order chi connectivity index (χ0) is 14.5. The van der Waals surface area contributed by atoms with Crippen LogP contribution < -0.4 is 15.2 Å². The second kappa shape index (κ2) is 6.44. The molecule has 0 spiro atoms. The van der Waals surface area contributed by atoms with Crippen LogP contribution in [-0.4, -0.2) is 7.11 Å². The minimum atomic E-state index is -0.0185. The van der Waals surface area contributed by atoms with E-state index in [2.05, 4.69) is 31.2 Å². The van der Waals surface area contributed by atoms with Crippen LogP contribution in [0.25, 0.3) is 0 Å². The van der Waals surface area contributed by atoms with Gasteiger partial charge in [0.1, 0.15) is 6.61 Å². The van der Waals surface area contributed by atoms with E-state index in [0.717, 1.165) is 16.9 Å². The Balaban J connectivity index is 2.10. The quantitative estimate of drug-likeness (QED) is 0.903. The lowest BCUT2D eigenvalue weighted by Gasteiger charge is -2.13. The molecule has 1 atom stereocenters. The maximum Gasteiger partial charge on any atom is 0.161 e. The minimum absolute atomic E-state index is 0.0185. The van der Waals surface area contributed by atoms with Crippen LogP contribution in [-0.2, 0) is 6.61 Å². The Morgan fingerprint density at radius 2 is 1.75 bits per heavy atom. The van der Waals surface area contributed by atoms with Crippen molar-refractivity contribution in [3.05, 3.63) is 59.2 Å². The van der Waals surface area contributed by atoms with E-state index in [9.17, 15) is 0 Å². The third-order valence-electron chi connectivity index (χ3n) is 3.23. The smallest absolute Gasteiger partial charge is 0.161 e. The standard InChI is InChI=1S/C17H21NO2/c1-12-4-6-14(7-5-12)11-20-16-9-8-15(13(2)18)10-17(16)19-3/h4-10,13H,11,18H2,1-3H3/t13-/m0/s1. The molecule has 0 aliphatic heterocycles. The van der Waals surface area contributed by atoms with Crippen molar-refractivity contribution >= 4 is 0 Å². The Kier molecular flexibility index (Phi) is 4.64. The van der Waals surface area contributed by atoms with E-state index >= 15 is 0 Å². The maximum absolute atomic E-state index is 5.87. The Bertz CT molecular complexity index is 562. The van der Waals surface area contributed by atoms with Gasteiger partial charge in [0.15, 0.2) is 11.5 Å². The van der Waals surface area contributed by atoms with E-state index < -0.39 is 0 Å². The zero-order valence-corrected chi connectivity index (χ0v) is 12.2. The number of benzene rings is 2. The van der Waals surface area contributed by atoms with Crippen LogP contribution in [0.2, 0.25) is 0 Å². The molecule has 2 rings (SSSR count). The van der Waals surface area contributed by atoms with Crippen molar-refractivity contribution in [1.82, 2.24) is 0 Å². The largest absolute Gasteiger partial charge is 0.493 e. The number of hydrogen-bond acceptors (Lipinski definition) is 3. The highest BCUT2D eigenvalue weighted by molar-refractivity contribution is 5.43. The van der Waals surface area contributed by atoms with E-state index in [4.69, 9.17) is 15.2 Å². The number of nitrogens with two attached hydrogens (primary N) is 1. The lowest BCUT2D eigenvalue weighted by molar-refractivity contribution is 0.284. The number of methoxy groups -OCH3 is 1. The van der Waals surface area contributed by atoms with Crippen LogP contribution in [0.3, 0.4) is 0 Å². The normalized spacial score (nSPS) is 12.0.